The van der Waals surface area contributed by atoms with Crippen LogP contribution in [-0.2, 0) is 21.4 Å². The van der Waals surface area contributed by atoms with E-state index < -0.39 is 16.1 Å². The Labute approximate surface area is 251 Å². The fourth-order valence-electron chi connectivity index (χ4n) is 4.41. The quantitative estimate of drug-likeness (QED) is 0.292. The van der Waals surface area contributed by atoms with E-state index in [1.165, 1.54) is 16.4 Å². The summed E-state index contributed by atoms with van der Waals surface area (Å²) in [6.45, 7) is 3.06. The first-order chi connectivity index (χ1) is 17.7. The van der Waals surface area contributed by atoms with Gasteiger partial charge in [-0.3, -0.25) is 4.79 Å². The molecular weight excluding hydrogens is 606 g/mol. The molecule has 1 aromatic heterocycles. The third kappa shape index (κ3) is 7.47. The Hall–Kier alpha value is -1.85. The van der Waals surface area contributed by atoms with Crippen LogP contribution < -0.4 is 15.8 Å². The number of carbonyl (C=O) groups is 1. The van der Waals surface area contributed by atoms with Crippen LogP contribution in [-0.4, -0.2) is 49.3 Å². The van der Waals surface area contributed by atoms with Crippen molar-refractivity contribution in [3.63, 3.8) is 0 Å². The van der Waals surface area contributed by atoms with Crippen LogP contribution >= 0.6 is 48.0 Å². The smallest absolute Gasteiger partial charge is 0.245 e. The number of ether oxygens (including phenoxy) is 1. The molecule has 1 aliphatic rings. The van der Waals surface area contributed by atoms with E-state index in [-0.39, 0.29) is 58.8 Å². The molecule has 0 bridgehead atoms. The number of nitrogens with one attached hydrogen (secondary N) is 1. The summed E-state index contributed by atoms with van der Waals surface area (Å²) in [6, 6.07) is 11.5. The summed E-state index contributed by atoms with van der Waals surface area (Å²) >= 11 is 13.1. The van der Waals surface area contributed by atoms with Crippen LogP contribution in [0.15, 0.2) is 47.4 Å². The average molecular weight is 638 g/mol. The Morgan fingerprint density at radius 1 is 1.15 bits per heavy atom. The van der Waals surface area contributed by atoms with Gasteiger partial charge in [0.2, 0.25) is 15.9 Å². The number of fused-ring (bicyclic) bond motifs is 1. The van der Waals surface area contributed by atoms with Gasteiger partial charge in [0.1, 0.15) is 28.8 Å². The number of para-hydroxylation sites is 1. The Bertz CT molecular complexity index is 1410. The Morgan fingerprint density at radius 3 is 2.67 bits per heavy atom. The topological polar surface area (TPSA) is 115 Å². The molecule has 1 amide bonds. The molecule has 2 aromatic carbocycles. The van der Waals surface area contributed by atoms with Gasteiger partial charge in [-0.05, 0) is 63.4 Å². The maximum Gasteiger partial charge on any atom is 0.245 e. The fourth-order valence-corrected chi connectivity index (χ4v) is 6.93. The minimum absolute atomic E-state index is 0. The van der Waals surface area contributed by atoms with Gasteiger partial charge in [-0.1, -0.05) is 41.4 Å². The van der Waals surface area contributed by atoms with Gasteiger partial charge in [0.15, 0.2) is 0 Å². The lowest BCUT2D eigenvalue weighted by Gasteiger charge is -2.24. The molecule has 0 saturated carbocycles. The number of aryl methyl sites for hydroxylation is 1. The van der Waals surface area contributed by atoms with Crippen molar-refractivity contribution in [3.05, 3.63) is 63.8 Å². The maximum absolute atomic E-state index is 13.6. The molecule has 0 aliphatic carbocycles. The molecular formula is C26H32Cl4N4O4S. The molecule has 4 rings (SSSR count). The second-order valence-corrected chi connectivity index (χ2v) is 11.6. The van der Waals surface area contributed by atoms with Crippen molar-refractivity contribution in [2.75, 3.05) is 19.6 Å². The van der Waals surface area contributed by atoms with Crippen molar-refractivity contribution < 1.29 is 17.9 Å². The molecule has 39 heavy (non-hydrogen) atoms. The van der Waals surface area contributed by atoms with Crippen LogP contribution in [0.5, 0.6) is 5.75 Å². The summed E-state index contributed by atoms with van der Waals surface area (Å²) in [4.78, 5) is 17.2. The van der Waals surface area contributed by atoms with Crippen LogP contribution in [0, 0.1) is 6.92 Å². The number of nitrogens with zero attached hydrogens (tertiary/aromatic N) is 2. The number of rotatable bonds is 10. The number of amides is 1. The number of unbranched alkanes of at least 4 members (excludes halogenated alkanes) is 1. The van der Waals surface area contributed by atoms with Gasteiger partial charge in [-0.2, -0.15) is 4.31 Å². The summed E-state index contributed by atoms with van der Waals surface area (Å²) in [5.41, 5.74) is 7.38. The third-order valence-corrected chi connectivity index (χ3v) is 9.22. The van der Waals surface area contributed by atoms with E-state index in [9.17, 15) is 13.2 Å². The highest BCUT2D eigenvalue weighted by Gasteiger charge is 2.40. The van der Waals surface area contributed by atoms with Gasteiger partial charge in [0, 0.05) is 34.8 Å². The first-order valence-corrected chi connectivity index (χ1v) is 14.4. The summed E-state index contributed by atoms with van der Waals surface area (Å²) < 4.78 is 34.5. The second-order valence-electron chi connectivity index (χ2n) is 8.97. The van der Waals surface area contributed by atoms with E-state index in [0.29, 0.717) is 42.8 Å². The van der Waals surface area contributed by atoms with Gasteiger partial charge in [-0.25, -0.2) is 13.4 Å². The van der Waals surface area contributed by atoms with Crippen LogP contribution in [0.25, 0.3) is 10.9 Å². The number of aromatic nitrogens is 1. The average Bonchev–Trinajstić information content (AvgIpc) is 3.38. The zero-order chi connectivity index (χ0) is 26.6. The summed E-state index contributed by atoms with van der Waals surface area (Å²) in [6.07, 6.45) is 2.54. The lowest BCUT2D eigenvalue weighted by atomic mass is 10.2. The van der Waals surface area contributed by atoms with E-state index >= 15 is 0 Å². The molecule has 8 nitrogen and oxygen atoms in total. The molecule has 1 aliphatic heterocycles. The highest BCUT2D eigenvalue weighted by molar-refractivity contribution is 7.89. The number of hydrogen-bond donors (Lipinski definition) is 2. The van der Waals surface area contributed by atoms with Gasteiger partial charge < -0.3 is 15.8 Å². The molecule has 13 heteroatoms. The number of nitrogens with two attached hydrogens (primary N) is 1. The molecule has 0 spiro atoms. The standard InChI is InChI=1S/C26H30Cl2N4O4S.2ClH/c1-17-9-10-18-6-4-8-22(25(18)31-17)36-16-19-20(27)11-12-23(24(19)28)37(34,35)32-15-5-7-21(32)26(33)30-14-3-2-13-29;;/h4,6,8-12,21H,2-3,5,7,13-16,29H2,1H3,(H,30,33);2*1H/t21-;;/m0../s1. The zero-order valence-electron chi connectivity index (χ0n) is 21.4. The summed E-state index contributed by atoms with van der Waals surface area (Å²) in [5.74, 6) is 0.220. The summed E-state index contributed by atoms with van der Waals surface area (Å²) in [5, 5.41) is 4.00. The predicted octanol–water partition coefficient (Wildman–Crippen LogP) is 5.28. The monoisotopic (exact) mass is 636 g/mol. The van der Waals surface area contributed by atoms with Gasteiger partial charge >= 0.3 is 0 Å². The highest BCUT2D eigenvalue weighted by Crippen LogP contribution is 2.36. The minimum Gasteiger partial charge on any atom is -0.487 e. The molecule has 214 valence electrons. The van der Waals surface area contributed by atoms with E-state index in [4.69, 9.17) is 33.7 Å². The van der Waals surface area contributed by atoms with Gasteiger partial charge in [0.05, 0.1) is 5.02 Å². The van der Waals surface area contributed by atoms with Crippen LogP contribution in [0.2, 0.25) is 10.0 Å². The van der Waals surface area contributed by atoms with E-state index in [1.54, 1.807) is 6.07 Å². The SMILES string of the molecule is Cc1ccc2cccc(OCc3c(Cl)ccc(S(=O)(=O)N4CCC[C@H]4C(=O)NCCCCN)c3Cl)c2n1.Cl.Cl. The Kier molecular flexibility index (Phi) is 12.6. The Morgan fingerprint density at radius 2 is 1.92 bits per heavy atom. The largest absolute Gasteiger partial charge is 0.487 e. The number of hydrogen-bond acceptors (Lipinski definition) is 6. The van der Waals surface area contributed by atoms with Crippen molar-refractivity contribution in [1.82, 2.24) is 14.6 Å². The van der Waals surface area contributed by atoms with Crippen molar-refractivity contribution in [3.8, 4) is 5.75 Å². The normalized spacial score (nSPS) is 15.4. The van der Waals surface area contributed by atoms with Gasteiger partial charge in [-0.15, -0.1) is 24.8 Å². The van der Waals surface area contributed by atoms with Crippen LogP contribution in [0.3, 0.4) is 0 Å². The van der Waals surface area contributed by atoms with Crippen molar-refractivity contribution >= 4 is 74.8 Å². The lowest BCUT2D eigenvalue weighted by molar-refractivity contribution is -0.124. The number of benzene rings is 2. The molecule has 0 radical (unpaired) electrons. The first kappa shape index (κ1) is 33.4. The first-order valence-electron chi connectivity index (χ1n) is 12.2. The second kappa shape index (κ2) is 14.7. The lowest BCUT2D eigenvalue weighted by Crippen LogP contribution is -2.46. The Balaban J connectivity index is 0.00000267. The highest BCUT2D eigenvalue weighted by atomic mass is 35.5. The van der Waals surface area contributed by atoms with Crippen LogP contribution in [0.4, 0.5) is 0 Å². The van der Waals surface area contributed by atoms with Crippen LogP contribution in [0.1, 0.15) is 36.9 Å². The van der Waals surface area contributed by atoms with E-state index in [0.717, 1.165) is 23.9 Å². The number of sulfonamides is 1. The fraction of sp³-hybridized carbons (Fsp3) is 0.385. The molecule has 1 saturated heterocycles. The maximum atomic E-state index is 13.6. The molecule has 3 N–H and O–H groups in total. The predicted molar refractivity (Wildman–Crippen MR) is 160 cm³/mol. The van der Waals surface area contributed by atoms with Crippen molar-refractivity contribution in [2.45, 2.75) is 50.2 Å². The molecule has 3 aromatic rings. The van der Waals surface area contributed by atoms with E-state index in [2.05, 4.69) is 10.3 Å². The molecule has 0 unspecified atom stereocenters. The number of halogens is 4. The van der Waals surface area contributed by atoms with Gasteiger partial charge in [0.25, 0.3) is 0 Å². The zero-order valence-corrected chi connectivity index (χ0v) is 25.3. The molecule has 1 fully saturated rings. The molecule has 1 atom stereocenters. The van der Waals surface area contributed by atoms with Crippen molar-refractivity contribution in [1.29, 1.82) is 0 Å². The van der Waals surface area contributed by atoms with Crippen molar-refractivity contribution in [2.24, 2.45) is 5.73 Å². The number of pyridine rings is 1. The number of carbonyl (C=O) groups excluding carboxylic acids is 1. The molecule has 2 heterocycles. The third-order valence-electron chi connectivity index (χ3n) is 6.37. The van der Waals surface area contributed by atoms with E-state index in [1.807, 2.05) is 31.2 Å². The summed E-state index contributed by atoms with van der Waals surface area (Å²) in [7, 11) is -4.07. The minimum atomic E-state index is -4.07.